The van der Waals surface area contributed by atoms with Gasteiger partial charge >= 0.3 is 5.97 Å². The summed E-state index contributed by atoms with van der Waals surface area (Å²) in [6.07, 6.45) is 3.86. The second kappa shape index (κ2) is 7.61. The molecule has 0 N–H and O–H groups in total. The Labute approximate surface area is 138 Å². The first-order valence-corrected chi connectivity index (χ1v) is 10.1. The predicted octanol–water partition coefficient (Wildman–Crippen LogP) is 0.460. The van der Waals surface area contributed by atoms with Crippen molar-refractivity contribution in [2.75, 3.05) is 39.0 Å². The number of hydrogen-bond acceptors (Lipinski definition) is 5. The predicted molar refractivity (Wildman–Crippen MR) is 85.1 cm³/mol. The Morgan fingerprint density at radius 1 is 1.09 bits per heavy atom. The van der Waals surface area contributed by atoms with E-state index in [1.807, 2.05) is 0 Å². The maximum Gasteiger partial charge on any atom is 0.309 e. The summed E-state index contributed by atoms with van der Waals surface area (Å²) >= 11 is 0. The molecular formula is C15H26N2O5S. The maximum absolute atomic E-state index is 12.6. The van der Waals surface area contributed by atoms with Crippen LogP contribution < -0.4 is 0 Å². The SMILES string of the molecule is CCOC(=O)C1CCN(C(=O)C2CCCN(S(C)(=O)=O)C2)CC1. The van der Waals surface area contributed by atoms with E-state index < -0.39 is 10.0 Å². The zero-order valence-electron chi connectivity index (χ0n) is 13.9. The van der Waals surface area contributed by atoms with Crippen molar-refractivity contribution < 1.29 is 22.7 Å². The Hall–Kier alpha value is -1.15. The third kappa shape index (κ3) is 4.67. The number of nitrogens with zero attached hydrogens (tertiary/aromatic N) is 2. The van der Waals surface area contributed by atoms with Gasteiger partial charge in [0.1, 0.15) is 0 Å². The molecule has 2 heterocycles. The van der Waals surface area contributed by atoms with Gasteiger partial charge in [-0.2, -0.15) is 0 Å². The Balaban J connectivity index is 1.88. The Morgan fingerprint density at radius 3 is 2.30 bits per heavy atom. The summed E-state index contributed by atoms with van der Waals surface area (Å²) in [5.74, 6) is -0.559. The molecule has 2 aliphatic heterocycles. The van der Waals surface area contributed by atoms with Crippen LogP contribution in [0.1, 0.15) is 32.6 Å². The third-order valence-corrected chi connectivity index (χ3v) is 5.90. The van der Waals surface area contributed by atoms with E-state index >= 15 is 0 Å². The van der Waals surface area contributed by atoms with Crippen molar-refractivity contribution >= 4 is 21.9 Å². The van der Waals surface area contributed by atoms with Crippen LogP contribution in [0.2, 0.25) is 0 Å². The summed E-state index contributed by atoms with van der Waals surface area (Å²) < 4.78 is 29.7. The standard InChI is InChI=1S/C15H26N2O5S/c1-3-22-15(19)12-6-9-16(10-7-12)14(18)13-5-4-8-17(11-13)23(2,20)21/h12-13H,3-11H2,1-2H3. The number of ether oxygens (including phenoxy) is 1. The zero-order valence-corrected chi connectivity index (χ0v) is 14.7. The molecule has 132 valence electrons. The lowest BCUT2D eigenvalue weighted by Gasteiger charge is -2.36. The van der Waals surface area contributed by atoms with Crippen LogP contribution in [0.25, 0.3) is 0 Å². The molecule has 1 unspecified atom stereocenters. The van der Waals surface area contributed by atoms with Crippen LogP contribution in [0.4, 0.5) is 0 Å². The van der Waals surface area contributed by atoms with Crippen molar-refractivity contribution in [3.05, 3.63) is 0 Å². The quantitative estimate of drug-likeness (QED) is 0.691. The molecule has 0 saturated carbocycles. The van der Waals surface area contributed by atoms with Crippen LogP contribution in [-0.4, -0.2) is 68.5 Å². The van der Waals surface area contributed by atoms with Gasteiger partial charge in [0.15, 0.2) is 0 Å². The highest BCUT2D eigenvalue weighted by Crippen LogP contribution is 2.24. The number of amides is 1. The summed E-state index contributed by atoms with van der Waals surface area (Å²) in [5.41, 5.74) is 0. The second-order valence-corrected chi connectivity index (χ2v) is 8.29. The van der Waals surface area contributed by atoms with Gasteiger partial charge in [0, 0.05) is 26.2 Å². The fourth-order valence-electron chi connectivity index (χ4n) is 3.30. The first-order chi connectivity index (χ1) is 10.8. The average molecular weight is 346 g/mol. The fraction of sp³-hybridized carbons (Fsp3) is 0.867. The van der Waals surface area contributed by atoms with E-state index in [0.29, 0.717) is 45.5 Å². The van der Waals surface area contributed by atoms with Gasteiger partial charge in [0.2, 0.25) is 15.9 Å². The van der Waals surface area contributed by atoms with Gasteiger partial charge < -0.3 is 9.64 Å². The average Bonchev–Trinajstić information content (AvgIpc) is 2.54. The number of carbonyl (C=O) groups excluding carboxylic acids is 2. The summed E-state index contributed by atoms with van der Waals surface area (Å²) in [6, 6.07) is 0. The molecule has 0 spiro atoms. The van der Waals surface area contributed by atoms with Crippen molar-refractivity contribution in [1.82, 2.24) is 9.21 Å². The molecule has 2 rings (SSSR count). The van der Waals surface area contributed by atoms with E-state index in [1.54, 1.807) is 11.8 Å². The highest BCUT2D eigenvalue weighted by molar-refractivity contribution is 7.88. The molecule has 0 aromatic heterocycles. The highest BCUT2D eigenvalue weighted by atomic mass is 32.2. The Kier molecular flexibility index (Phi) is 6.02. The summed E-state index contributed by atoms with van der Waals surface area (Å²) in [6.45, 7) is 4.01. The molecule has 0 aliphatic carbocycles. The molecule has 23 heavy (non-hydrogen) atoms. The van der Waals surface area contributed by atoms with Crippen molar-refractivity contribution in [3.8, 4) is 0 Å². The molecule has 7 nitrogen and oxygen atoms in total. The minimum atomic E-state index is -3.25. The van der Waals surface area contributed by atoms with Crippen molar-refractivity contribution in [3.63, 3.8) is 0 Å². The first kappa shape index (κ1) is 18.2. The van der Waals surface area contributed by atoms with E-state index in [4.69, 9.17) is 4.74 Å². The Morgan fingerprint density at radius 2 is 1.74 bits per heavy atom. The van der Waals surface area contributed by atoms with Crippen LogP contribution in [0.15, 0.2) is 0 Å². The van der Waals surface area contributed by atoms with Gasteiger partial charge in [-0.1, -0.05) is 0 Å². The van der Waals surface area contributed by atoms with E-state index in [0.717, 1.165) is 6.42 Å². The second-order valence-electron chi connectivity index (χ2n) is 6.31. The molecule has 2 aliphatic rings. The number of rotatable bonds is 4. The lowest BCUT2D eigenvalue weighted by molar-refractivity contribution is -0.152. The molecule has 1 amide bonds. The van der Waals surface area contributed by atoms with Crippen LogP contribution in [0.5, 0.6) is 0 Å². The third-order valence-electron chi connectivity index (χ3n) is 4.63. The van der Waals surface area contributed by atoms with Crippen LogP contribution >= 0.6 is 0 Å². The highest BCUT2D eigenvalue weighted by Gasteiger charge is 2.35. The minimum absolute atomic E-state index is 0.0145. The normalized spacial score (nSPS) is 24.4. The van der Waals surface area contributed by atoms with Gasteiger partial charge in [-0.3, -0.25) is 9.59 Å². The summed E-state index contributed by atoms with van der Waals surface area (Å²) in [7, 11) is -3.25. The smallest absolute Gasteiger partial charge is 0.309 e. The number of sulfonamides is 1. The lowest BCUT2D eigenvalue weighted by Crippen LogP contribution is -2.48. The van der Waals surface area contributed by atoms with Crippen molar-refractivity contribution in [2.45, 2.75) is 32.6 Å². The molecule has 0 aromatic rings. The lowest BCUT2D eigenvalue weighted by atomic mass is 9.93. The molecule has 8 heteroatoms. The monoisotopic (exact) mass is 346 g/mol. The number of carbonyl (C=O) groups is 2. The van der Waals surface area contributed by atoms with Gasteiger partial charge in [0.05, 0.1) is 24.7 Å². The summed E-state index contributed by atoms with van der Waals surface area (Å²) in [5, 5.41) is 0. The molecule has 0 bridgehead atoms. The molecule has 0 radical (unpaired) electrons. The van der Waals surface area contributed by atoms with Crippen molar-refractivity contribution in [2.24, 2.45) is 11.8 Å². The topological polar surface area (TPSA) is 84.0 Å². The fourth-order valence-corrected chi connectivity index (χ4v) is 4.21. The number of piperidine rings is 2. The molecule has 2 saturated heterocycles. The maximum atomic E-state index is 12.6. The van der Waals surface area contributed by atoms with Crippen molar-refractivity contribution in [1.29, 1.82) is 0 Å². The van der Waals surface area contributed by atoms with Crippen LogP contribution in [0, 0.1) is 11.8 Å². The van der Waals surface area contributed by atoms with Gasteiger partial charge in [0.25, 0.3) is 0 Å². The molecule has 0 aromatic carbocycles. The van der Waals surface area contributed by atoms with E-state index in [9.17, 15) is 18.0 Å². The summed E-state index contributed by atoms with van der Waals surface area (Å²) in [4.78, 5) is 26.1. The van der Waals surface area contributed by atoms with Gasteiger partial charge in [-0.05, 0) is 32.6 Å². The number of esters is 1. The largest absolute Gasteiger partial charge is 0.466 e. The number of hydrogen-bond donors (Lipinski definition) is 0. The molecular weight excluding hydrogens is 320 g/mol. The zero-order chi connectivity index (χ0) is 17.0. The Bertz CT molecular complexity index is 540. The van der Waals surface area contributed by atoms with E-state index in [2.05, 4.69) is 0 Å². The molecule has 2 fully saturated rings. The van der Waals surface area contributed by atoms with Gasteiger partial charge in [-0.15, -0.1) is 0 Å². The van der Waals surface area contributed by atoms with E-state index in [1.165, 1.54) is 10.6 Å². The minimum Gasteiger partial charge on any atom is -0.466 e. The molecule has 1 atom stereocenters. The van der Waals surface area contributed by atoms with Crippen LogP contribution in [0.3, 0.4) is 0 Å². The van der Waals surface area contributed by atoms with E-state index in [-0.39, 0.29) is 30.3 Å². The first-order valence-electron chi connectivity index (χ1n) is 8.23. The number of likely N-dealkylation sites (tertiary alicyclic amines) is 1. The van der Waals surface area contributed by atoms with Crippen LogP contribution in [-0.2, 0) is 24.3 Å². The van der Waals surface area contributed by atoms with Gasteiger partial charge in [-0.25, -0.2) is 12.7 Å².